The molecular formula is C9H11F3N2S. The maximum absolute atomic E-state index is 11.8. The second kappa shape index (κ2) is 5.25. The molecule has 0 aliphatic carbocycles. The molecule has 1 aromatic heterocycles. The second-order valence-electron chi connectivity index (χ2n) is 2.95. The highest BCUT2D eigenvalue weighted by Gasteiger charge is 2.27. The van der Waals surface area contributed by atoms with Gasteiger partial charge in [-0.1, -0.05) is 17.8 Å². The number of thioether (sulfide) groups is 1. The van der Waals surface area contributed by atoms with Gasteiger partial charge in [0.2, 0.25) is 0 Å². The van der Waals surface area contributed by atoms with E-state index in [1.54, 1.807) is 18.3 Å². The van der Waals surface area contributed by atoms with Crippen molar-refractivity contribution in [2.24, 2.45) is 0 Å². The lowest BCUT2D eigenvalue weighted by Crippen LogP contribution is -2.03. The molecule has 2 N–H and O–H groups in total. The van der Waals surface area contributed by atoms with Gasteiger partial charge in [0, 0.05) is 11.9 Å². The largest absolute Gasteiger partial charge is 0.441 e. The number of hydrogen-bond donors (Lipinski definition) is 1. The number of aromatic nitrogens is 1. The van der Waals surface area contributed by atoms with E-state index in [1.165, 1.54) is 0 Å². The van der Waals surface area contributed by atoms with Crippen molar-refractivity contribution in [2.75, 3.05) is 11.5 Å². The molecule has 0 saturated heterocycles. The number of nitrogens with zero attached hydrogens (tertiary/aromatic N) is 1. The zero-order valence-electron chi connectivity index (χ0n) is 7.92. The Balaban J connectivity index is 2.30. The molecule has 84 valence electrons. The number of pyridine rings is 1. The monoisotopic (exact) mass is 236 g/mol. The lowest BCUT2D eigenvalue weighted by molar-refractivity contribution is -0.0327. The highest BCUT2D eigenvalue weighted by Crippen LogP contribution is 2.30. The van der Waals surface area contributed by atoms with Crippen LogP contribution in [-0.4, -0.2) is 16.2 Å². The summed E-state index contributed by atoms with van der Waals surface area (Å²) in [5, 5.41) is 0. The molecule has 0 atom stereocenters. The Bertz CT molecular complexity index is 314. The van der Waals surface area contributed by atoms with Crippen LogP contribution in [0.15, 0.2) is 18.3 Å². The highest BCUT2D eigenvalue weighted by atomic mass is 32.2. The van der Waals surface area contributed by atoms with Gasteiger partial charge in [-0.2, -0.15) is 13.2 Å². The summed E-state index contributed by atoms with van der Waals surface area (Å²) in [6.07, 6.45) is 2.53. The Morgan fingerprint density at radius 2 is 2.13 bits per heavy atom. The van der Waals surface area contributed by atoms with Gasteiger partial charge in [-0.05, 0) is 24.5 Å². The summed E-state index contributed by atoms with van der Waals surface area (Å²) in [6.45, 7) is 0. The van der Waals surface area contributed by atoms with Crippen LogP contribution in [0.3, 0.4) is 0 Å². The average molecular weight is 236 g/mol. The maximum Gasteiger partial charge on any atom is 0.441 e. The van der Waals surface area contributed by atoms with Crippen LogP contribution in [0.2, 0.25) is 0 Å². The third-order valence-corrected chi connectivity index (χ3v) is 2.60. The number of rotatable bonds is 4. The molecule has 0 aliphatic rings. The van der Waals surface area contributed by atoms with Crippen molar-refractivity contribution < 1.29 is 13.2 Å². The minimum Gasteiger partial charge on any atom is -0.383 e. The van der Waals surface area contributed by atoms with Crippen molar-refractivity contribution in [2.45, 2.75) is 18.3 Å². The normalized spacial score (nSPS) is 11.7. The van der Waals surface area contributed by atoms with Crippen molar-refractivity contribution >= 4 is 17.6 Å². The van der Waals surface area contributed by atoms with Gasteiger partial charge in [0.05, 0.1) is 0 Å². The van der Waals surface area contributed by atoms with Crippen molar-refractivity contribution in [1.29, 1.82) is 0 Å². The molecular weight excluding hydrogens is 225 g/mol. The Kier molecular flexibility index (Phi) is 4.26. The number of hydrogen-bond acceptors (Lipinski definition) is 3. The summed E-state index contributed by atoms with van der Waals surface area (Å²) in [6, 6.07) is 3.50. The molecule has 2 nitrogen and oxygen atoms in total. The summed E-state index contributed by atoms with van der Waals surface area (Å²) in [5.41, 5.74) is 2.22. The summed E-state index contributed by atoms with van der Waals surface area (Å²) < 4.78 is 35.4. The van der Waals surface area contributed by atoms with E-state index in [-0.39, 0.29) is 17.5 Å². The second-order valence-corrected chi connectivity index (χ2v) is 4.11. The quantitative estimate of drug-likeness (QED) is 0.817. The van der Waals surface area contributed by atoms with Crippen molar-refractivity contribution in [3.8, 4) is 0 Å². The molecule has 0 aromatic carbocycles. The molecule has 1 heterocycles. The van der Waals surface area contributed by atoms with Crippen LogP contribution in [0.4, 0.5) is 19.0 Å². The Morgan fingerprint density at radius 3 is 2.73 bits per heavy atom. The Hall–Kier alpha value is -0.910. The fourth-order valence-electron chi connectivity index (χ4n) is 1.11. The van der Waals surface area contributed by atoms with Crippen LogP contribution in [0.5, 0.6) is 0 Å². The summed E-state index contributed by atoms with van der Waals surface area (Å²) >= 11 is -0.00255. The first-order valence-corrected chi connectivity index (χ1v) is 5.37. The molecule has 6 heteroatoms. The van der Waals surface area contributed by atoms with Crippen LogP contribution >= 0.6 is 11.8 Å². The minimum absolute atomic E-state index is 0.00255. The summed E-state index contributed by atoms with van der Waals surface area (Å²) in [4.78, 5) is 3.86. The molecule has 15 heavy (non-hydrogen) atoms. The topological polar surface area (TPSA) is 38.9 Å². The predicted octanol–water partition coefficient (Wildman–Crippen LogP) is 2.85. The van der Waals surface area contributed by atoms with E-state index in [4.69, 9.17) is 5.73 Å². The van der Waals surface area contributed by atoms with E-state index in [9.17, 15) is 13.2 Å². The molecule has 1 aromatic rings. The number of nitrogens with two attached hydrogens (primary N) is 1. The van der Waals surface area contributed by atoms with E-state index in [1.807, 2.05) is 0 Å². The van der Waals surface area contributed by atoms with E-state index in [0.29, 0.717) is 18.7 Å². The Morgan fingerprint density at radius 1 is 1.40 bits per heavy atom. The molecule has 1 rings (SSSR count). The van der Waals surface area contributed by atoms with Gasteiger partial charge in [-0.15, -0.1) is 0 Å². The molecule has 0 aliphatic heterocycles. The summed E-state index contributed by atoms with van der Waals surface area (Å²) in [7, 11) is 0. The molecule has 0 radical (unpaired) electrons. The fourth-order valence-corrected chi connectivity index (χ4v) is 1.63. The lowest BCUT2D eigenvalue weighted by atomic mass is 10.1. The number of nitrogen functional groups attached to an aromatic ring is 1. The van der Waals surface area contributed by atoms with Crippen molar-refractivity contribution in [3.63, 3.8) is 0 Å². The molecule has 0 bridgehead atoms. The molecule has 0 spiro atoms. The van der Waals surface area contributed by atoms with Crippen LogP contribution in [0.1, 0.15) is 12.0 Å². The first kappa shape index (κ1) is 12.2. The molecule has 0 unspecified atom stereocenters. The van der Waals surface area contributed by atoms with E-state index in [2.05, 4.69) is 4.98 Å². The van der Waals surface area contributed by atoms with E-state index < -0.39 is 5.51 Å². The first-order valence-electron chi connectivity index (χ1n) is 4.39. The standard InChI is InChI=1S/C9H11F3N2S/c10-9(11,12)15-6-2-4-7-3-1-5-14-8(7)13/h1,3,5H,2,4,6H2,(H2,13,14). The number of halogens is 3. The first-order chi connectivity index (χ1) is 6.99. The van der Waals surface area contributed by atoms with E-state index >= 15 is 0 Å². The van der Waals surface area contributed by atoms with Crippen LogP contribution in [0, 0.1) is 0 Å². The van der Waals surface area contributed by atoms with Gasteiger partial charge in [-0.25, -0.2) is 4.98 Å². The molecule has 0 amide bonds. The van der Waals surface area contributed by atoms with Gasteiger partial charge < -0.3 is 5.73 Å². The van der Waals surface area contributed by atoms with Crippen LogP contribution in [0.25, 0.3) is 0 Å². The molecule has 0 fully saturated rings. The predicted molar refractivity (Wildman–Crippen MR) is 55.5 cm³/mol. The number of aryl methyl sites for hydroxylation is 1. The van der Waals surface area contributed by atoms with Crippen molar-refractivity contribution in [3.05, 3.63) is 23.9 Å². The highest BCUT2D eigenvalue weighted by molar-refractivity contribution is 8.00. The SMILES string of the molecule is Nc1ncccc1CCCSC(F)(F)F. The molecule has 0 saturated carbocycles. The van der Waals surface area contributed by atoms with Gasteiger partial charge >= 0.3 is 5.51 Å². The van der Waals surface area contributed by atoms with E-state index in [0.717, 1.165) is 5.56 Å². The third-order valence-electron chi connectivity index (χ3n) is 1.78. The van der Waals surface area contributed by atoms with Crippen LogP contribution in [-0.2, 0) is 6.42 Å². The third kappa shape index (κ3) is 4.92. The zero-order valence-corrected chi connectivity index (χ0v) is 8.74. The maximum atomic E-state index is 11.8. The average Bonchev–Trinajstić information content (AvgIpc) is 2.13. The Labute approximate surface area is 90.1 Å². The number of anilines is 1. The lowest BCUT2D eigenvalue weighted by Gasteiger charge is -2.06. The smallest absolute Gasteiger partial charge is 0.383 e. The fraction of sp³-hybridized carbons (Fsp3) is 0.444. The number of alkyl halides is 3. The van der Waals surface area contributed by atoms with Gasteiger partial charge in [0.1, 0.15) is 5.82 Å². The van der Waals surface area contributed by atoms with Crippen molar-refractivity contribution in [1.82, 2.24) is 4.98 Å². The van der Waals surface area contributed by atoms with Crippen LogP contribution < -0.4 is 5.73 Å². The van der Waals surface area contributed by atoms with Gasteiger partial charge in [-0.3, -0.25) is 0 Å². The minimum atomic E-state index is -4.14. The zero-order chi connectivity index (χ0) is 11.3. The van der Waals surface area contributed by atoms with Gasteiger partial charge in [0.25, 0.3) is 0 Å². The summed E-state index contributed by atoms with van der Waals surface area (Å²) in [5.74, 6) is 0.451. The van der Waals surface area contributed by atoms with Gasteiger partial charge in [0.15, 0.2) is 0 Å².